The number of nitrogens with one attached hydrogen (secondary N) is 2. The number of hydrogen-bond donors (Lipinski definition) is 2. The molecule has 0 amide bonds. The molecule has 0 aliphatic rings. The van der Waals surface area contributed by atoms with E-state index >= 15 is 0 Å². The molecular formula is C16H18BrN3. The number of nitrogens with zero attached hydrogens (tertiary/aromatic N) is 1. The average Bonchev–Trinajstić information content (AvgIpc) is 2.48. The van der Waals surface area contributed by atoms with Gasteiger partial charge < -0.3 is 10.6 Å². The number of guanidine groups is 1. The van der Waals surface area contributed by atoms with Crippen LogP contribution in [0.4, 0.5) is 0 Å². The van der Waals surface area contributed by atoms with E-state index in [-0.39, 0.29) is 0 Å². The van der Waals surface area contributed by atoms with Crippen molar-refractivity contribution in [2.24, 2.45) is 4.99 Å². The maximum Gasteiger partial charge on any atom is 0.191 e. The summed E-state index contributed by atoms with van der Waals surface area (Å²) in [5.74, 6) is 0.800. The molecule has 104 valence electrons. The van der Waals surface area contributed by atoms with E-state index in [0.717, 1.165) is 23.5 Å². The molecule has 0 aliphatic carbocycles. The number of halogens is 1. The quantitative estimate of drug-likeness (QED) is 0.666. The SMILES string of the molecule is CN=C(NCc1ccccc1)NCc1cccc(Br)c1. The molecule has 0 aliphatic heterocycles. The van der Waals surface area contributed by atoms with Crippen molar-refractivity contribution in [1.29, 1.82) is 0 Å². The van der Waals surface area contributed by atoms with E-state index < -0.39 is 0 Å². The predicted molar refractivity (Wildman–Crippen MR) is 87.6 cm³/mol. The van der Waals surface area contributed by atoms with Gasteiger partial charge >= 0.3 is 0 Å². The van der Waals surface area contributed by atoms with E-state index in [4.69, 9.17) is 0 Å². The topological polar surface area (TPSA) is 36.4 Å². The third kappa shape index (κ3) is 4.70. The second-order valence-electron chi connectivity index (χ2n) is 4.39. The third-order valence-corrected chi connectivity index (χ3v) is 3.37. The van der Waals surface area contributed by atoms with E-state index in [0.29, 0.717) is 0 Å². The zero-order valence-electron chi connectivity index (χ0n) is 11.4. The normalized spacial score (nSPS) is 11.2. The number of benzene rings is 2. The molecule has 0 bridgehead atoms. The van der Waals surface area contributed by atoms with Crippen molar-refractivity contribution in [3.05, 3.63) is 70.2 Å². The van der Waals surface area contributed by atoms with Crippen LogP contribution in [0.1, 0.15) is 11.1 Å². The molecule has 2 rings (SSSR count). The van der Waals surface area contributed by atoms with Crippen molar-refractivity contribution in [2.75, 3.05) is 7.05 Å². The first-order valence-electron chi connectivity index (χ1n) is 6.51. The van der Waals surface area contributed by atoms with Gasteiger partial charge in [-0.25, -0.2) is 0 Å². The lowest BCUT2D eigenvalue weighted by molar-refractivity contribution is 0.809. The van der Waals surface area contributed by atoms with Crippen molar-refractivity contribution < 1.29 is 0 Å². The average molecular weight is 332 g/mol. The molecule has 0 spiro atoms. The fourth-order valence-electron chi connectivity index (χ4n) is 1.83. The summed E-state index contributed by atoms with van der Waals surface area (Å²) in [7, 11) is 1.78. The summed E-state index contributed by atoms with van der Waals surface area (Å²) in [6.07, 6.45) is 0. The summed E-state index contributed by atoms with van der Waals surface area (Å²) in [5.41, 5.74) is 2.44. The summed E-state index contributed by atoms with van der Waals surface area (Å²) >= 11 is 3.47. The van der Waals surface area contributed by atoms with Crippen molar-refractivity contribution in [1.82, 2.24) is 10.6 Å². The van der Waals surface area contributed by atoms with Crippen LogP contribution in [0.3, 0.4) is 0 Å². The van der Waals surface area contributed by atoms with E-state index in [9.17, 15) is 0 Å². The Morgan fingerprint density at radius 1 is 0.950 bits per heavy atom. The van der Waals surface area contributed by atoms with Gasteiger partial charge in [0.2, 0.25) is 0 Å². The van der Waals surface area contributed by atoms with Crippen molar-refractivity contribution >= 4 is 21.9 Å². The molecule has 0 radical (unpaired) electrons. The Kier molecular flexibility index (Phi) is 5.62. The highest BCUT2D eigenvalue weighted by Crippen LogP contribution is 2.11. The summed E-state index contributed by atoms with van der Waals surface area (Å²) in [4.78, 5) is 4.22. The first-order chi connectivity index (χ1) is 9.78. The first-order valence-corrected chi connectivity index (χ1v) is 7.30. The Hall–Kier alpha value is -1.81. The molecule has 0 saturated heterocycles. The highest BCUT2D eigenvalue weighted by molar-refractivity contribution is 9.10. The molecule has 0 fully saturated rings. The smallest absolute Gasteiger partial charge is 0.191 e. The minimum absolute atomic E-state index is 0.744. The van der Waals surface area contributed by atoms with Crippen LogP contribution in [-0.2, 0) is 13.1 Å². The molecule has 0 unspecified atom stereocenters. The molecule has 20 heavy (non-hydrogen) atoms. The molecule has 4 heteroatoms. The van der Waals surface area contributed by atoms with Crippen molar-refractivity contribution in [3.63, 3.8) is 0 Å². The van der Waals surface area contributed by atoms with Crippen LogP contribution in [0.15, 0.2) is 64.1 Å². The van der Waals surface area contributed by atoms with Gasteiger partial charge in [0.25, 0.3) is 0 Å². The van der Waals surface area contributed by atoms with Gasteiger partial charge in [-0.15, -0.1) is 0 Å². The second-order valence-corrected chi connectivity index (χ2v) is 5.31. The van der Waals surface area contributed by atoms with Gasteiger partial charge in [0, 0.05) is 24.6 Å². The summed E-state index contributed by atoms with van der Waals surface area (Å²) < 4.78 is 1.09. The summed E-state index contributed by atoms with van der Waals surface area (Å²) in [6, 6.07) is 18.5. The fraction of sp³-hybridized carbons (Fsp3) is 0.188. The zero-order valence-corrected chi connectivity index (χ0v) is 13.0. The molecule has 0 heterocycles. The number of aliphatic imine (C=N–C) groups is 1. The number of rotatable bonds is 4. The highest BCUT2D eigenvalue weighted by Gasteiger charge is 1.99. The van der Waals surface area contributed by atoms with Crippen LogP contribution >= 0.6 is 15.9 Å². The van der Waals surface area contributed by atoms with Crippen LogP contribution in [0.25, 0.3) is 0 Å². The zero-order chi connectivity index (χ0) is 14.2. The Morgan fingerprint density at radius 2 is 1.60 bits per heavy atom. The van der Waals surface area contributed by atoms with Crippen molar-refractivity contribution in [3.8, 4) is 0 Å². The fourth-order valence-corrected chi connectivity index (χ4v) is 2.28. The molecule has 3 nitrogen and oxygen atoms in total. The molecule has 0 aromatic heterocycles. The predicted octanol–water partition coefficient (Wildman–Crippen LogP) is 3.31. The Bertz CT molecular complexity index is 567. The lowest BCUT2D eigenvalue weighted by Gasteiger charge is -2.12. The highest BCUT2D eigenvalue weighted by atomic mass is 79.9. The van der Waals surface area contributed by atoms with E-state index in [1.54, 1.807) is 7.05 Å². The monoisotopic (exact) mass is 331 g/mol. The molecule has 2 N–H and O–H groups in total. The maximum atomic E-state index is 4.22. The molecular weight excluding hydrogens is 314 g/mol. The lowest BCUT2D eigenvalue weighted by Crippen LogP contribution is -2.36. The van der Waals surface area contributed by atoms with E-state index in [2.05, 4.69) is 55.8 Å². The molecule has 2 aromatic carbocycles. The van der Waals surface area contributed by atoms with Crippen LogP contribution in [0.5, 0.6) is 0 Å². The molecule has 2 aromatic rings. The van der Waals surface area contributed by atoms with Gasteiger partial charge in [0.1, 0.15) is 0 Å². The van der Waals surface area contributed by atoms with Crippen LogP contribution in [-0.4, -0.2) is 13.0 Å². The lowest BCUT2D eigenvalue weighted by atomic mass is 10.2. The molecule has 0 saturated carbocycles. The summed E-state index contributed by atoms with van der Waals surface area (Å²) in [5, 5.41) is 6.60. The van der Waals surface area contributed by atoms with Gasteiger partial charge in [-0.1, -0.05) is 58.4 Å². The van der Waals surface area contributed by atoms with Crippen LogP contribution in [0, 0.1) is 0 Å². The van der Waals surface area contributed by atoms with Gasteiger partial charge in [-0.05, 0) is 23.3 Å². The minimum Gasteiger partial charge on any atom is -0.352 e. The standard InChI is InChI=1S/C16H18BrN3/c1-18-16(19-11-13-6-3-2-4-7-13)20-12-14-8-5-9-15(17)10-14/h2-10H,11-12H2,1H3,(H2,18,19,20). The van der Waals surface area contributed by atoms with Crippen LogP contribution in [0.2, 0.25) is 0 Å². The largest absolute Gasteiger partial charge is 0.352 e. The Balaban J connectivity index is 1.84. The maximum absolute atomic E-state index is 4.22. The Labute approximate surface area is 128 Å². The molecule has 0 atom stereocenters. The van der Waals surface area contributed by atoms with Gasteiger partial charge in [-0.3, -0.25) is 4.99 Å². The third-order valence-electron chi connectivity index (χ3n) is 2.88. The van der Waals surface area contributed by atoms with Crippen LogP contribution < -0.4 is 10.6 Å². The van der Waals surface area contributed by atoms with E-state index in [1.165, 1.54) is 11.1 Å². The first kappa shape index (κ1) is 14.6. The van der Waals surface area contributed by atoms with Crippen molar-refractivity contribution in [2.45, 2.75) is 13.1 Å². The summed E-state index contributed by atoms with van der Waals surface area (Å²) in [6.45, 7) is 1.51. The van der Waals surface area contributed by atoms with E-state index in [1.807, 2.05) is 30.3 Å². The van der Waals surface area contributed by atoms with Gasteiger partial charge in [0.15, 0.2) is 5.96 Å². The van der Waals surface area contributed by atoms with Gasteiger partial charge in [0.05, 0.1) is 0 Å². The van der Waals surface area contributed by atoms with Gasteiger partial charge in [-0.2, -0.15) is 0 Å². The second kappa shape index (κ2) is 7.70. The Morgan fingerprint density at radius 3 is 2.25 bits per heavy atom. The number of hydrogen-bond acceptors (Lipinski definition) is 1. The minimum atomic E-state index is 0.744.